The smallest absolute Gasteiger partial charge is 0.335 e. The van der Waals surface area contributed by atoms with Crippen molar-refractivity contribution in [2.75, 3.05) is 6.61 Å². The summed E-state index contributed by atoms with van der Waals surface area (Å²) in [5.74, 6) is 4.57. The van der Waals surface area contributed by atoms with Gasteiger partial charge in [-0.25, -0.2) is 4.79 Å². The lowest BCUT2D eigenvalue weighted by molar-refractivity contribution is -0.180. The molecule has 4 aliphatic rings. The molecule has 0 N–H and O–H groups in total. The lowest BCUT2D eigenvalue weighted by Gasteiger charge is -2.46. The summed E-state index contributed by atoms with van der Waals surface area (Å²) in [6.45, 7) is 7.19. The lowest BCUT2D eigenvalue weighted by atomic mass is 9.64. The molecule has 0 heterocycles. The van der Waals surface area contributed by atoms with Crippen LogP contribution >= 0.6 is 0 Å². The number of ether oxygens (including phenoxy) is 2. The average molecular weight is 461 g/mol. The van der Waals surface area contributed by atoms with Gasteiger partial charge in [-0.3, -0.25) is 0 Å². The molecule has 4 saturated carbocycles. The highest BCUT2D eigenvalue weighted by atomic mass is 16.6. The van der Waals surface area contributed by atoms with Gasteiger partial charge >= 0.3 is 5.97 Å². The zero-order valence-electron chi connectivity index (χ0n) is 21.9. The molecule has 4 rings (SSSR count). The molecular formula is C30H52O3. The van der Waals surface area contributed by atoms with E-state index in [1.54, 1.807) is 0 Å². The number of hydrogen-bond donors (Lipinski definition) is 0. The van der Waals surface area contributed by atoms with E-state index in [9.17, 15) is 4.79 Å². The molecule has 0 spiro atoms. The maximum atomic E-state index is 13.5. The standard InChI is InChI=1S/C30H52O3/c1-4-32-30(31)29(27-19-21(2)15-17-25(27)23-11-7-5-8-12-23)33-28-20-22(3)16-18-26(28)24-13-9-6-10-14-24/h21-29H,4-20H2,1-3H3. The van der Waals surface area contributed by atoms with Gasteiger partial charge in [0.2, 0.25) is 0 Å². The Morgan fingerprint density at radius 3 is 1.88 bits per heavy atom. The van der Waals surface area contributed by atoms with E-state index < -0.39 is 0 Å². The molecule has 3 heteroatoms. The van der Waals surface area contributed by atoms with Crippen LogP contribution in [0, 0.1) is 41.4 Å². The molecule has 0 radical (unpaired) electrons. The van der Waals surface area contributed by atoms with Gasteiger partial charge in [0, 0.05) is 0 Å². The topological polar surface area (TPSA) is 35.5 Å². The molecule has 0 bridgehead atoms. The van der Waals surface area contributed by atoms with Gasteiger partial charge in [0.05, 0.1) is 12.7 Å². The van der Waals surface area contributed by atoms with Crippen molar-refractivity contribution in [3.63, 3.8) is 0 Å². The summed E-state index contributed by atoms with van der Waals surface area (Å²) in [5, 5.41) is 0. The first-order valence-corrected chi connectivity index (χ1v) is 14.9. The van der Waals surface area contributed by atoms with Gasteiger partial charge in [-0.2, -0.15) is 0 Å². The molecule has 4 fully saturated rings. The maximum absolute atomic E-state index is 13.5. The van der Waals surface area contributed by atoms with Crippen molar-refractivity contribution in [3.05, 3.63) is 0 Å². The first-order chi connectivity index (χ1) is 16.1. The van der Waals surface area contributed by atoms with E-state index in [1.165, 1.54) is 89.9 Å². The summed E-state index contributed by atoms with van der Waals surface area (Å²) in [6.07, 6.45) is 21.2. The molecule has 0 aromatic heterocycles. The molecule has 0 amide bonds. The van der Waals surface area contributed by atoms with Crippen molar-refractivity contribution in [1.29, 1.82) is 0 Å². The van der Waals surface area contributed by atoms with Crippen LogP contribution in [-0.4, -0.2) is 24.8 Å². The number of carbonyl (C=O) groups is 1. The molecule has 0 aliphatic heterocycles. The van der Waals surface area contributed by atoms with Gasteiger partial charge in [-0.05, 0) is 74.0 Å². The SMILES string of the molecule is CCOC(=O)C(OC1CC(C)CCC1C1CCCCC1)C1CC(C)CCC1C1CCCCC1. The first-order valence-electron chi connectivity index (χ1n) is 14.9. The van der Waals surface area contributed by atoms with Crippen LogP contribution in [0.2, 0.25) is 0 Å². The lowest BCUT2D eigenvalue weighted by Crippen LogP contribution is -2.48. The van der Waals surface area contributed by atoms with Crippen LogP contribution in [0.4, 0.5) is 0 Å². The zero-order chi connectivity index (χ0) is 23.2. The molecule has 3 nitrogen and oxygen atoms in total. The second-order valence-corrected chi connectivity index (χ2v) is 12.5. The fraction of sp³-hybridized carbons (Fsp3) is 0.967. The van der Waals surface area contributed by atoms with E-state index in [1.807, 2.05) is 6.92 Å². The van der Waals surface area contributed by atoms with Crippen molar-refractivity contribution in [3.8, 4) is 0 Å². The third kappa shape index (κ3) is 6.56. The molecule has 190 valence electrons. The summed E-state index contributed by atoms with van der Waals surface area (Å²) in [6, 6.07) is 0. The van der Waals surface area contributed by atoms with Gasteiger partial charge in [-0.1, -0.05) is 90.9 Å². The Morgan fingerprint density at radius 2 is 1.27 bits per heavy atom. The highest BCUT2D eigenvalue weighted by Gasteiger charge is 2.45. The van der Waals surface area contributed by atoms with Crippen molar-refractivity contribution in [1.82, 2.24) is 0 Å². The minimum absolute atomic E-state index is 0.0574. The first kappa shape index (κ1) is 25.5. The van der Waals surface area contributed by atoms with Crippen LogP contribution in [0.3, 0.4) is 0 Å². The van der Waals surface area contributed by atoms with E-state index in [-0.39, 0.29) is 18.2 Å². The van der Waals surface area contributed by atoms with Gasteiger partial charge in [0.1, 0.15) is 0 Å². The summed E-state index contributed by atoms with van der Waals surface area (Å²) < 4.78 is 12.8. The molecule has 7 unspecified atom stereocenters. The van der Waals surface area contributed by atoms with Crippen LogP contribution < -0.4 is 0 Å². The number of esters is 1. The molecular weight excluding hydrogens is 408 g/mol. The predicted molar refractivity (Wildman–Crippen MR) is 135 cm³/mol. The zero-order valence-corrected chi connectivity index (χ0v) is 21.9. The third-order valence-electron chi connectivity index (χ3n) is 10.1. The minimum atomic E-state index is -0.346. The van der Waals surface area contributed by atoms with Gasteiger partial charge < -0.3 is 9.47 Å². The second-order valence-electron chi connectivity index (χ2n) is 12.5. The largest absolute Gasteiger partial charge is 0.464 e. The van der Waals surface area contributed by atoms with Crippen molar-refractivity contribution >= 4 is 5.97 Å². The van der Waals surface area contributed by atoms with Crippen molar-refractivity contribution in [2.45, 2.75) is 136 Å². The Kier molecular flexibility index (Phi) is 9.60. The van der Waals surface area contributed by atoms with Crippen LogP contribution in [0.1, 0.15) is 124 Å². The van der Waals surface area contributed by atoms with E-state index in [4.69, 9.17) is 9.47 Å². The van der Waals surface area contributed by atoms with Gasteiger partial charge in [0.15, 0.2) is 6.10 Å². The molecule has 0 aromatic rings. The van der Waals surface area contributed by atoms with E-state index >= 15 is 0 Å². The normalized spacial score (nSPS) is 38.0. The Morgan fingerprint density at radius 1 is 0.727 bits per heavy atom. The van der Waals surface area contributed by atoms with E-state index in [2.05, 4.69) is 13.8 Å². The Labute approximate surface area is 204 Å². The Balaban J connectivity index is 1.55. The number of carbonyl (C=O) groups excluding carboxylic acids is 1. The van der Waals surface area contributed by atoms with Crippen LogP contribution in [0.15, 0.2) is 0 Å². The van der Waals surface area contributed by atoms with Gasteiger partial charge in [-0.15, -0.1) is 0 Å². The third-order valence-corrected chi connectivity index (χ3v) is 10.1. The summed E-state index contributed by atoms with van der Waals surface area (Å²) in [7, 11) is 0. The fourth-order valence-electron chi connectivity index (χ4n) is 8.30. The van der Waals surface area contributed by atoms with E-state index in [0.29, 0.717) is 36.2 Å². The van der Waals surface area contributed by atoms with Crippen molar-refractivity contribution in [2.24, 2.45) is 41.4 Å². The van der Waals surface area contributed by atoms with Gasteiger partial charge in [0.25, 0.3) is 0 Å². The quantitative estimate of drug-likeness (QED) is 0.362. The minimum Gasteiger partial charge on any atom is -0.464 e. The van der Waals surface area contributed by atoms with Crippen molar-refractivity contribution < 1.29 is 14.3 Å². The molecule has 0 saturated heterocycles. The molecule has 4 aliphatic carbocycles. The average Bonchev–Trinajstić information content (AvgIpc) is 2.84. The summed E-state index contributed by atoms with van der Waals surface area (Å²) in [4.78, 5) is 13.5. The predicted octanol–water partition coefficient (Wildman–Crippen LogP) is 7.95. The van der Waals surface area contributed by atoms with E-state index in [0.717, 1.165) is 24.7 Å². The molecule has 7 atom stereocenters. The number of hydrogen-bond acceptors (Lipinski definition) is 3. The van der Waals surface area contributed by atoms with Crippen LogP contribution in [0.25, 0.3) is 0 Å². The monoisotopic (exact) mass is 460 g/mol. The van der Waals surface area contributed by atoms with Crippen LogP contribution in [0.5, 0.6) is 0 Å². The fourth-order valence-corrected chi connectivity index (χ4v) is 8.30. The Bertz CT molecular complexity index is 591. The Hall–Kier alpha value is -0.570. The highest BCUT2D eigenvalue weighted by molar-refractivity contribution is 5.75. The molecule has 33 heavy (non-hydrogen) atoms. The summed E-state index contributed by atoms with van der Waals surface area (Å²) >= 11 is 0. The second kappa shape index (κ2) is 12.4. The highest BCUT2D eigenvalue weighted by Crippen LogP contribution is 2.47. The molecule has 0 aromatic carbocycles. The maximum Gasteiger partial charge on any atom is 0.335 e. The number of rotatable bonds is 7. The summed E-state index contributed by atoms with van der Waals surface area (Å²) in [5.41, 5.74) is 0. The van der Waals surface area contributed by atoms with Crippen LogP contribution in [-0.2, 0) is 14.3 Å².